The fourth-order valence-corrected chi connectivity index (χ4v) is 2.34. The summed E-state index contributed by atoms with van der Waals surface area (Å²) in [7, 11) is 0. The van der Waals surface area contributed by atoms with Crippen molar-refractivity contribution in [3.63, 3.8) is 0 Å². The zero-order chi connectivity index (χ0) is 17.2. The minimum Gasteiger partial charge on any atom is -0.327 e. The summed E-state index contributed by atoms with van der Waals surface area (Å²) in [4.78, 5) is 12.6. The van der Waals surface area contributed by atoms with E-state index in [1.807, 2.05) is 27.7 Å². The van der Waals surface area contributed by atoms with Crippen molar-refractivity contribution in [2.45, 2.75) is 91.1 Å². The maximum absolute atomic E-state index is 12.6. The molecule has 0 aromatic heterocycles. The molecule has 0 aromatic carbocycles. The van der Waals surface area contributed by atoms with Gasteiger partial charge in [0.2, 0.25) is 5.91 Å². The van der Waals surface area contributed by atoms with E-state index in [-0.39, 0.29) is 23.4 Å². The number of hydrogen-bond donors (Lipinski definition) is 2. The zero-order valence-corrected chi connectivity index (χ0v) is 15.3. The molecule has 4 nitrogen and oxygen atoms in total. The lowest BCUT2D eigenvalue weighted by Crippen LogP contribution is -2.55. The number of rotatable bonds is 10. The van der Waals surface area contributed by atoms with Crippen molar-refractivity contribution >= 4 is 5.91 Å². The van der Waals surface area contributed by atoms with Crippen molar-refractivity contribution < 1.29 is 4.79 Å². The Hall–Kier alpha value is -0.870. The van der Waals surface area contributed by atoms with Crippen LogP contribution < -0.4 is 11.6 Å². The van der Waals surface area contributed by atoms with Crippen molar-refractivity contribution in [3.8, 4) is 0 Å². The summed E-state index contributed by atoms with van der Waals surface area (Å²) in [5.74, 6) is 5.74. The Morgan fingerprint density at radius 3 is 2.23 bits per heavy atom. The monoisotopic (exact) mass is 311 g/mol. The molecule has 4 N–H and O–H groups in total. The molecule has 2 unspecified atom stereocenters. The van der Waals surface area contributed by atoms with E-state index < -0.39 is 0 Å². The highest BCUT2D eigenvalue weighted by molar-refractivity contribution is 5.79. The molecule has 4 heteroatoms. The highest BCUT2D eigenvalue weighted by Gasteiger charge is 2.32. The van der Waals surface area contributed by atoms with Gasteiger partial charge in [0.25, 0.3) is 0 Å². The zero-order valence-electron chi connectivity index (χ0n) is 15.3. The number of hydrazine groups is 1. The van der Waals surface area contributed by atoms with E-state index in [4.69, 9.17) is 11.6 Å². The number of carbonyl (C=O) groups excluding carboxylic acids is 1. The summed E-state index contributed by atoms with van der Waals surface area (Å²) in [5.41, 5.74) is 5.78. The average Bonchev–Trinajstić information content (AvgIpc) is 2.47. The molecule has 0 aromatic rings. The van der Waals surface area contributed by atoms with Crippen LogP contribution in [-0.4, -0.2) is 22.5 Å². The van der Waals surface area contributed by atoms with E-state index >= 15 is 0 Å². The third kappa shape index (κ3) is 7.95. The second-order valence-corrected chi connectivity index (χ2v) is 7.10. The molecule has 0 rings (SSSR count). The molecule has 22 heavy (non-hydrogen) atoms. The molecule has 0 spiro atoms. The third-order valence-corrected chi connectivity index (χ3v) is 4.05. The van der Waals surface area contributed by atoms with E-state index in [1.54, 1.807) is 0 Å². The number of amides is 1. The molecule has 0 aliphatic rings. The summed E-state index contributed by atoms with van der Waals surface area (Å²) in [6.07, 6.45) is 11.7. The Kier molecular flexibility index (Phi) is 10.4. The maximum Gasteiger partial charge on any atom is 0.241 e. The number of nitrogens with two attached hydrogens (primary N) is 2. The fourth-order valence-electron chi connectivity index (χ4n) is 2.34. The summed E-state index contributed by atoms with van der Waals surface area (Å²) in [5, 5.41) is 1.35. The van der Waals surface area contributed by atoms with Gasteiger partial charge >= 0.3 is 0 Å². The lowest BCUT2D eigenvalue weighted by atomic mass is 9.90. The summed E-state index contributed by atoms with van der Waals surface area (Å²) in [6.45, 7) is 10.0. The molecule has 2 atom stereocenters. The predicted molar refractivity (Wildman–Crippen MR) is 95.1 cm³/mol. The number of nitrogens with zero attached hydrogens (tertiary/aromatic N) is 1. The molecule has 0 saturated carbocycles. The van der Waals surface area contributed by atoms with Gasteiger partial charge in [-0.15, -0.1) is 0 Å². The van der Waals surface area contributed by atoms with Gasteiger partial charge in [-0.05, 0) is 52.9 Å². The Bertz CT molecular complexity index is 334. The Morgan fingerprint density at radius 2 is 1.73 bits per heavy atom. The summed E-state index contributed by atoms with van der Waals surface area (Å²) in [6, 6.07) is -0.130. The molecule has 1 amide bonds. The van der Waals surface area contributed by atoms with Gasteiger partial charge in [0.1, 0.15) is 0 Å². The van der Waals surface area contributed by atoms with Crippen molar-refractivity contribution in [2.24, 2.45) is 17.5 Å². The van der Waals surface area contributed by atoms with E-state index in [1.165, 1.54) is 24.3 Å². The van der Waals surface area contributed by atoms with Gasteiger partial charge in [-0.3, -0.25) is 9.80 Å². The number of carbonyl (C=O) groups is 1. The van der Waals surface area contributed by atoms with Crippen LogP contribution in [0.15, 0.2) is 12.2 Å². The first-order valence-electron chi connectivity index (χ1n) is 8.75. The molecule has 0 fully saturated rings. The first-order chi connectivity index (χ1) is 10.3. The van der Waals surface area contributed by atoms with Crippen molar-refractivity contribution in [1.82, 2.24) is 5.01 Å². The van der Waals surface area contributed by atoms with Crippen molar-refractivity contribution in [2.75, 3.05) is 0 Å². The molecule has 0 saturated heterocycles. The fraction of sp³-hybridized carbons (Fsp3) is 0.833. The predicted octanol–water partition coefficient (Wildman–Crippen LogP) is 3.76. The molecule has 0 bridgehead atoms. The van der Waals surface area contributed by atoms with Gasteiger partial charge in [0, 0.05) is 6.04 Å². The van der Waals surface area contributed by atoms with Crippen LogP contribution in [0.5, 0.6) is 0 Å². The van der Waals surface area contributed by atoms with Crippen LogP contribution >= 0.6 is 0 Å². The van der Waals surface area contributed by atoms with E-state index in [0.29, 0.717) is 0 Å². The van der Waals surface area contributed by atoms with Gasteiger partial charge in [0.15, 0.2) is 0 Å². The van der Waals surface area contributed by atoms with Crippen LogP contribution in [0.1, 0.15) is 79.6 Å². The topological polar surface area (TPSA) is 72.3 Å². The van der Waals surface area contributed by atoms with Gasteiger partial charge in [-0.1, -0.05) is 38.8 Å². The van der Waals surface area contributed by atoms with Crippen LogP contribution in [0, 0.1) is 5.92 Å². The summed E-state index contributed by atoms with van der Waals surface area (Å²) >= 11 is 0. The smallest absolute Gasteiger partial charge is 0.241 e. The second-order valence-electron chi connectivity index (χ2n) is 7.10. The highest BCUT2D eigenvalue weighted by atomic mass is 16.2. The van der Waals surface area contributed by atoms with Crippen LogP contribution in [0.25, 0.3) is 0 Å². The minimum atomic E-state index is -0.376. The average molecular weight is 312 g/mol. The number of hydrogen-bond acceptors (Lipinski definition) is 3. The Morgan fingerprint density at radius 1 is 1.14 bits per heavy atom. The molecular formula is C18H37N3O. The number of unbranched alkanes of at least 4 members (excludes halogenated alkanes) is 3. The van der Waals surface area contributed by atoms with E-state index in [0.717, 1.165) is 25.7 Å². The van der Waals surface area contributed by atoms with Crippen molar-refractivity contribution in [3.05, 3.63) is 12.2 Å². The van der Waals surface area contributed by atoms with Gasteiger partial charge in [-0.25, -0.2) is 5.84 Å². The molecule has 0 aliphatic carbocycles. The van der Waals surface area contributed by atoms with Crippen molar-refractivity contribution in [1.29, 1.82) is 0 Å². The minimum absolute atomic E-state index is 0.0405. The van der Waals surface area contributed by atoms with E-state index in [9.17, 15) is 4.79 Å². The molecule has 0 aliphatic heterocycles. The molecule has 130 valence electrons. The molecule has 0 radical (unpaired) electrons. The van der Waals surface area contributed by atoms with Crippen LogP contribution in [0.4, 0.5) is 0 Å². The highest BCUT2D eigenvalue weighted by Crippen LogP contribution is 2.20. The lowest BCUT2D eigenvalue weighted by Gasteiger charge is -2.35. The Balaban J connectivity index is 4.51. The third-order valence-electron chi connectivity index (χ3n) is 4.05. The van der Waals surface area contributed by atoms with Gasteiger partial charge < -0.3 is 5.73 Å². The quantitative estimate of drug-likeness (QED) is 0.212. The normalized spacial score (nSPS) is 15.0. The van der Waals surface area contributed by atoms with Crippen LogP contribution in [0.2, 0.25) is 0 Å². The van der Waals surface area contributed by atoms with Gasteiger partial charge in [-0.2, -0.15) is 0 Å². The lowest BCUT2D eigenvalue weighted by molar-refractivity contribution is -0.141. The molecule has 0 heterocycles. The first kappa shape index (κ1) is 21.1. The molecular weight excluding hydrogens is 274 g/mol. The largest absolute Gasteiger partial charge is 0.327 e. The first-order valence-corrected chi connectivity index (χ1v) is 8.75. The van der Waals surface area contributed by atoms with Crippen LogP contribution in [-0.2, 0) is 4.79 Å². The van der Waals surface area contributed by atoms with Gasteiger partial charge in [0.05, 0.1) is 11.5 Å². The SMILES string of the molecule is CCCCCC=CCCC(C(=O)N(N)C(C)(C)C)C(N)CC. The standard InChI is InChI=1S/C18H37N3O/c1-6-8-9-10-11-12-13-14-15(16(19)7-2)17(22)21(20)18(3,4)5/h11-12,15-16H,6-10,13-14,19-20H2,1-5H3. The second kappa shape index (κ2) is 10.8. The summed E-state index contributed by atoms with van der Waals surface area (Å²) < 4.78 is 0. The Labute approximate surface area is 137 Å². The van der Waals surface area contributed by atoms with Crippen LogP contribution in [0.3, 0.4) is 0 Å². The maximum atomic E-state index is 12.6. The van der Waals surface area contributed by atoms with E-state index in [2.05, 4.69) is 19.1 Å². The number of allylic oxidation sites excluding steroid dienone is 2.